The van der Waals surface area contributed by atoms with Crippen LogP contribution in [0.2, 0.25) is 0 Å². The number of ether oxygens (including phenoxy) is 1. The molecule has 1 N–H and O–H groups in total. The molecule has 1 atom stereocenters. The lowest BCUT2D eigenvalue weighted by atomic mass is 10.0. The Morgan fingerprint density at radius 2 is 1.90 bits per heavy atom. The first-order valence-electron chi connectivity index (χ1n) is 7.43. The summed E-state index contributed by atoms with van der Waals surface area (Å²) in [6, 6.07) is 15.9. The van der Waals surface area contributed by atoms with E-state index in [1.54, 1.807) is 11.8 Å². The molecule has 0 aliphatic heterocycles. The Morgan fingerprint density at radius 1 is 1.14 bits per heavy atom. The molecule has 2 aromatic rings. The maximum Gasteiger partial charge on any atom is 0.120 e. The highest BCUT2D eigenvalue weighted by molar-refractivity contribution is 7.99. The maximum atomic E-state index is 10.5. The van der Waals surface area contributed by atoms with E-state index in [1.165, 1.54) is 4.90 Å². The molecule has 21 heavy (non-hydrogen) atoms. The summed E-state index contributed by atoms with van der Waals surface area (Å²) in [5.74, 6) is 1.91. The number of rotatable bonds is 6. The standard InChI is InChI=1S/C18H20O2S/c1-2-21-17-10-6-13(7-11-17)18(19)14-4-3-5-16(12-14)20-15-8-9-15/h3-7,10-12,15,18-19H,2,8-9H2,1H3. The van der Waals surface area contributed by atoms with E-state index in [0.29, 0.717) is 6.10 Å². The van der Waals surface area contributed by atoms with Crippen molar-refractivity contribution >= 4 is 11.8 Å². The number of aliphatic hydroxyl groups is 1. The van der Waals surface area contributed by atoms with Crippen LogP contribution in [0.15, 0.2) is 53.4 Å². The van der Waals surface area contributed by atoms with Crippen LogP contribution < -0.4 is 4.74 Å². The van der Waals surface area contributed by atoms with E-state index in [4.69, 9.17) is 4.74 Å². The largest absolute Gasteiger partial charge is 0.490 e. The Morgan fingerprint density at radius 3 is 2.57 bits per heavy atom. The highest BCUT2D eigenvalue weighted by Crippen LogP contribution is 2.30. The number of hydrogen-bond donors (Lipinski definition) is 1. The first-order chi connectivity index (χ1) is 10.3. The minimum atomic E-state index is -0.603. The fourth-order valence-electron chi connectivity index (χ4n) is 2.24. The van der Waals surface area contributed by atoms with Crippen LogP contribution in [0.1, 0.15) is 37.0 Å². The molecule has 110 valence electrons. The molecule has 0 spiro atoms. The van der Waals surface area contributed by atoms with E-state index in [9.17, 15) is 5.11 Å². The molecule has 2 aromatic carbocycles. The molecule has 1 aliphatic carbocycles. The van der Waals surface area contributed by atoms with Gasteiger partial charge in [-0.1, -0.05) is 31.2 Å². The normalized spacial score (nSPS) is 15.7. The van der Waals surface area contributed by atoms with Crippen LogP contribution in [0.4, 0.5) is 0 Å². The molecule has 1 saturated carbocycles. The van der Waals surface area contributed by atoms with Crippen molar-refractivity contribution in [1.29, 1.82) is 0 Å². The van der Waals surface area contributed by atoms with Crippen LogP contribution in [0.5, 0.6) is 5.75 Å². The van der Waals surface area contributed by atoms with Crippen LogP contribution in [0.3, 0.4) is 0 Å². The van der Waals surface area contributed by atoms with Crippen molar-refractivity contribution in [3.63, 3.8) is 0 Å². The lowest BCUT2D eigenvalue weighted by Crippen LogP contribution is -2.01. The first kappa shape index (κ1) is 14.5. The summed E-state index contributed by atoms with van der Waals surface area (Å²) in [7, 11) is 0. The number of hydrogen-bond acceptors (Lipinski definition) is 3. The molecule has 0 amide bonds. The van der Waals surface area contributed by atoms with E-state index >= 15 is 0 Å². The van der Waals surface area contributed by atoms with Crippen LogP contribution in [-0.2, 0) is 0 Å². The van der Waals surface area contributed by atoms with Gasteiger partial charge in [-0.25, -0.2) is 0 Å². The van der Waals surface area contributed by atoms with Gasteiger partial charge in [-0.15, -0.1) is 11.8 Å². The third-order valence-electron chi connectivity index (χ3n) is 3.51. The highest BCUT2D eigenvalue weighted by atomic mass is 32.2. The van der Waals surface area contributed by atoms with Crippen LogP contribution in [-0.4, -0.2) is 17.0 Å². The SMILES string of the molecule is CCSc1ccc(C(O)c2cccc(OC3CC3)c2)cc1. The molecule has 1 aliphatic rings. The summed E-state index contributed by atoms with van der Waals surface area (Å²) in [6.07, 6.45) is 2.06. The van der Waals surface area contributed by atoms with Gasteiger partial charge in [-0.3, -0.25) is 0 Å². The minimum absolute atomic E-state index is 0.378. The maximum absolute atomic E-state index is 10.5. The Kier molecular flexibility index (Phi) is 4.51. The van der Waals surface area contributed by atoms with E-state index in [1.807, 2.05) is 36.4 Å². The second kappa shape index (κ2) is 6.54. The van der Waals surface area contributed by atoms with Gasteiger partial charge >= 0.3 is 0 Å². The predicted octanol–water partition coefficient (Wildman–Crippen LogP) is 4.42. The summed E-state index contributed by atoms with van der Waals surface area (Å²) in [5, 5.41) is 10.5. The summed E-state index contributed by atoms with van der Waals surface area (Å²) in [5.41, 5.74) is 1.79. The number of benzene rings is 2. The summed E-state index contributed by atoms with van der Waals surface area (Å²) in [6.45, 7) is 2.14. The highest BCUT2D eigenvalue weighted by Gasteiger charge is 2.23. The fraction of sp³-hybridized carbons (Fsp3) is 0.333. The van der Waals surface area contributed by atoms with E-state index < -0.39 is 6.10 Å². The second-order valence-corrected chi connectivity index (χ2v) is 6.63. The van der Waals surface area contributed by atoms with Crippen molar-refractivity contribution in [2.75, 3.05) is 5.75 Å². The molecule has 0 heterocycles. The molecule has 0 radical (unpaired) electrons. The van der Waals surface area contributed by atoms with E-state index in [2.05, 4.69) is 19.1 Å². The zero-order chi connectivity index (χ0) is 14.7. The van der Waals surface area contributed by atoms with Gasteiger partial charge in [0.1, 0.15) is 11.9 Å². The van der Waals surface area contributed by atoms with Gasteiger partial charge in [0.05, 0.1) is 6.10 Å². The van der Waals surface area contributed by atoms with Gasteiger partial charge in [0, 0.05) is 4.90 Å². The van der Waals surface area contributed by atoms with Crippen molar-refractivity contribution < 1.29 is 9.84 Å². The van der Waals surface area contributed by atoms with Gasteiger partial charge < -0.3 is 9.84 Å². The van der Waals surface area contributed by atoms with Gasteiger partial charge in [-0.2, -0.15) is 0 Å². The molecule has 2 nitrogen and oxygen atoms in total. The van der Waals surface area contributed by atoms with Crippen molar-refractivity contribution in [2.45, 2.75) is 36.9 Å². The average molecular weight is 300 g/mol. The van der Waals surface area contributed by atoms with Crippen LogP contribution in [0, 0.1) is 0 Å². The monoisotopic (exact) mass is 300 g/mol. The zero-order valence-corrected chi connectivity index (χ0v) is 13.0. The van der Waals surface area contributed by atoms with Gasteiger partial charge in [0.15, 0.2) is 0 Å². The molecule has 1 unspecified atom stereocenters. The summed E-state index contributed by atoms with van der Waals surface area (Å²) >= 11 is 1.81. The zero-order valence-electron chi connectivity index (χ0n) is 12.2. The summed E-state index contributed by atoms with van der Waals surface area (Å²) < 4.78 is 5.79. The lowest BCUT2D eigenvalue weighted by molar-refractivity contribution is 0.219. The average Bonchev–Trinajstić information content (AvgIpc) is 3.32. The van der Waals surface area contributed by atoms with Crippen molar-refractivity contribution in [3.8, 4) is 5.75 Å². The van der Waals surface area contributed by atoms with Gasteiger partial charge in [0.2, 0.25) is 0 Å². The van der Waals surface area contributed by atoms with E-state index in [-0.39, 0.29) is 0 Å². The van der Waals surface area contributed by atoms with Crippen molar-refractivity contribution in [3.05, 3.63) is 59.7 Å². The predicted molar refractivity (Wildman–Crippen MR) is 87.0 cm³/mol. The summed E-state index contributed by atoms with van der Waals surface area (Å²) in [4.78, 5) is 1.24. The lowest BCUT2D eigenvalue weighted by Gasteiger charge is -2.13. The third kappa shape index (κ3) is 3.80. The molecular weight excluding hydrogens is 280 g/mol. The third-order valence-corrected chi connectivity index (χ3v) is 4.40. The fourth-order valence-corrected chi connectivity index (χ4v) is 2.90. The smallest absolute Gasteiger partial charge is 0.120 e. The topological polar surface area (TPSA) is 29.5 Å². The Balaban J connectivity index is 1.75. The first-order valence-corrected chi connectivity index (χ1v) is 8.42. The van der Waals surface area contributed by atoms with Gasteiger partial charge in [0.25, 0.3) is 0 Å². The number of thioether (sulfide) groups is 1. The van der Waals surface area contributed by atoms with E-state index in [0.717, 1.165) is 35.5 Å². The van der Waals surface area contributed by atoms with Crippen molar-refractivity contribution in [1.82, 2.24) is 0 Å². The Labute approximate surface area is 130 Å². The Hall–Kier alpha value is -1.45. The van der Waals surface area contributed by atoms with Crippen molar-refractivity contribution in [2.24, 2.45) is 0 Å². The molecule has 0 aromatic heterocycles. The number of aliphatic hydroxyl groups excluding tert-OH is 1. The molecule has 0 saturated heterocycles. The quantitative estimate of drug-likeness (QED) is 0.801. The van der Waals surface area contributed by atoms with Crippen LogP contribution in [0.25, 0.3) is 0 Å². The second-order valence-electron chi connectivity index (χ2n) is 5.29. The molecule has 0 bridgehead atoms. The Bertz CT molecular complexity index is 590. The molecule has 3 rings (SSSR count). The molecular formula is C18H20O2S. The molecule has 1 fully saturated rings. The van der Waals surface area contributed by atoms with Gasteiger partial charge in [-0.05, 0) is 54.0 Å². The minimum Gasteiger partial charge on any atom is -0.490 e. The molecule has 3 heteroatoms. The van der Waals surface area contributed by atoms with Crippen LogP contribution >= 0.6 is 11.8 Å².